The predicted molar refractivity (Wildman–Crippen MR) is 89.8 cm³/mol. The predicted octanol–water partition coefficient (Wildman–Crippen LogP) is 5.56. The molecule has 1 aromatic rings. The maximum atomic E-state index is 12.9. The van der Waals surface area contributed by atoms with Crippen LogP contribution in [0.15, 0.2) is 30.5 Å². The van der Waals surface area contributed by atoms with E-state index in [-0.39, 0.29) is 0 Å². The van der Waals surface area contributed by atoms with Crippen molar-refractivity contribution in [3.05, 3.63) is 41.6 Å². The summed E-state index contributed by atoms with van der Waals surface area (Å²) in [6.07, 6.45) is -0.901. The van der Waals surface area contributed by atoms with Crippen LogP contribution in [-0.4, -0.2) is 22.9 Å². The number of hydrogen-bond acceptors (Lipinski definition) is 2. The molecule has 0 aliphatic rings. The molecule has 0 spiro atoms. The molecular weight excluding hydrogens is 307 g/mol. The topological polar surface area (TPSA) is 3.24 Å². The third-order valence-electron chi connectivity index (χ3n) is 3.40. The van der Waals surface area contributed by atoms with Crippen LogP contribution in [0.3, 0.4) is 0 Å². The van der Waals surface area contributed by atoms with Gasteiger partial charge < -0.3 is 4.90 Å². The smallest absolute Gasteiger partial charge is 0.377 e. The van der Waals surface area contributed by atoms with Gasteiger partial charge in [-0.3, -0.25) is 0 Å². The summed E-state index contributed by atoms with van der Waals surface area (Å²) in [5.74, 6) is 0. The Bertz CT molecular complexity index is 531. The van der Waals surface area contributed by atoms with Gasteiger partial charge in [-0.1, -0.05) is 37.7 Å². The molecule has 0 aliphatic carbocycles. The Morgan fingerprint density at radius 2 is 1.82 bits per heavy atom. The van der Waals surface area contributed by atoms with Gasteiger partial charge in [0.05, 0.1) is 5.56 Å². The van der Waals surface area contributed by atoms with E-state index in [9.17, 15) is 13.2 Å². The Morgan fingerprint density at radius 1 is 1.18 bits per heavy atom. The molecule has 1 nitrogen and oxygen atoms in total. The zero-order valence-corrected chi connectivity index (χ0v) is 14.0. The lowest BCUT2D eigenvalue weighted by Crippen LogP contribution is -2.17. The first-order valence-electron chi connectivity index (χ1n) is 7.50. The Morgan fingerprint density at radius 3 is 2.32 bits per heavy atom. The quantitative estimate of drug-likeness (QED) is 0.476. The van der Waals surface area contributed by atoms with Crippen LogP contribution < -0.4 is 0 Å². The number of allylic oxidation sites excluding steroid dienone is 1. The van der Waals surface area contributed by atoms with Gasteiger partial charge in [0.2, 0.25) is 0 Å². The number of alkyl halides is 3. The normalized spacial score (nSPS) is 12.4. The summed E-state index contributed by atoms with van der Waals surface area (Å²) >= 11 is 5.43. The maximum Gasteiger partial charge on any atom is 0.416 e. The second-order valence-corrected chi connectivity index (χ2v) is 5.51. The lowest BCUT2D eigenvalue weighted by molar-refractivity contribution is -0.137. The Hall–Kier alpha value is -1.36. The van der Waals surface area contributed by atoms with Crippen LogP contribution in [0.2, 0.25) is 0 Å². The van der Waals surface area contributed by atoms with Gasteiger partial charge in [-0.2, -0.15) is 13.2 Å². The fraction of sp³-hybridized carbons (Fsp3) is 0.471. The van der Waals surface area contributed by atoms with Gasteiger partial charge in [-0.15, -0.1) is 0 Å². The highest BCUT2D eigenvalue weighted by atomic mass is 32.1. The minimum Gasteiger partial charge on any atom is -0.377 e. The molecule has 0 radical (unpaired) electrons. The van der Waals surface area contributed by atoms with Crippen molar-refractivity contribution in [1.29, 1.82) is 0 Å². The molecule has 1 rings (SSSR count). The minimum absolute atomic E-state index is 0.528. The van der Waals surface area contributed by atoms with Gasteiger partial charge in [0.1, 0.15) is 0 Å². The molecule has 0 atom stereocenters. The SMILES string of the molecule is CCCC(=S)C(=CN(CC)CC)c1cccc(C(F)(F)F)c1. The summed E-state index contributed by atoms with van der Waals surface area (Å²) in [5, 5.41) is 0. The van der Waals surface area contributed by atoms with Crippen LogP contribution in [0.5, 0.6) is 0 Å². The van der Waals surface area contributed by atoms with E-state index < -0.39 is 11.7 Å². The number of rotatable bonds is 7. The zero-order chi connectivity index (χ0) is 16.8. The van der Waals surface area contributed by atoms with Gasteiger partial charge in [0.25, 0.3) is 0 Å². The zero-order valence-electron chi connectivity index (χ0n) is 13.2. The number of halogens is 3. The summed E-state index contributed by atoms with van der Waals surface area (Å²) in [6, 6.07) is 5.38. The molecule has 0 aromatic heterocycles. The third-order valence-corrected chi connectivity index (χ3v) is 3.83. The van der Waals surface area contributed by atoms with E-state index in [4.69, 9.17) is 12.2 Å². The Labute approximate surface area is 135 Å². The van der Waals surface area contributed by atoms with Crippen LogP contribution in [0.1, 0.15) is 44.7 Å². The molecule has 0 fully saturated rings. The van der Waals surface area contributed by atoms with Crippen LogP contribution in [-0.2, 0) is 6.18 Å². The molecule has 0 aliphatic heterocycles. The summed E-state index contributed by atoms with van der Waals surface area (Å²) in [4.78, 5) is 2.74. The fourth-order valence-electron chi connectivity index (χ4n) is 2.12. The summed E-state index contributed by atoms with van der Waals surface area (Å²) in [6.45, 7) is 7.59. The van der Waals surface area contributed by atoms with Crippen molar-refractivity contribution < 1.29 is 13.2 Å². The number of benzene rings is 1. The molecule has 122 valence electrons. The molecule has 5 heteroatoms. The fourth-order valence-corrected chi connectivity index (χ4v) is 2.50. The number of hydrogen-bond donors (Lipinski definition) is 0. The van der Waals surface area contributed by atoms with E-state index in [1.54, 1.807) is 6.07 Å². The molecule has 22 heavy (non-hydrogen) atoms. The molecule has 0 bridgehead atoms. The first kappa shape index (κ1) is 18.7. The highest BCUT2D eigenvalue weighted by Crippen LogP contribution is 2.31. The van der Waals surface area contributed by atoms with E-state index in [0.29, 0.717) is 22.4 Å². The number of nitrogens with zero attached hydrogens (tertiary/aromatic N) is 1. The van der Waals surface area contributed by atoms with Crippen molar-refractivity contribution in [3.8, 4) is 0 Å². The first-order valence-corrected chi connectivity index (χ1v) is 7.90. The lowest BCUT2D eigenvalue weighted by atomic mass is 9.98. The van der Waals surface area contributed by atoms with Gasteiger partial charge >= 0.3 is 6.18 Å². The summed E-state index contributed by atoms with van der Waals surface area (Å²) in [7, 11) is 0. The largest absolute Gasteiger partial charge is 0.416 e. The van der Waals surface area contributed by atoms with Crippen molar-refractivity contribution in [3.63, 3.8) is 0 Å². The molecule has 0 N–H and O–H groups in total. The van der Waals surface area contributed by atoms with Crippen molar-refractivity contribution in [2.24, 2.45) is 0 Å². The standard InChI is InChI=1S/C17H22F3NS/c1-4-8-16(22)15(12-21(5-2)6-3)13-9-7-10-14(11-13)17(18,19)20/h7,9-12H,4-6,8H2,1-3H3. The Balaban J connectivity index is 3.30. The van der Waals surface area contributed by atoms with Gasteiger partial charge in [-0.25, -0.2) is 0 Å². The van der Waals surface area contributed by atoms with E-state index >= 15 is 0 Å². The van der Waals surface area contributed by atoms with Crippen LogP contribution >= 0.6 is 12.2 Å². The van der Waals surface area contributed by atoms with Gasteiger partial charge in [-0.05, 0) is 38.0 Å². The minimum atomic E-state index is -4.34. The molecular formula is C17H22F3NS. The molecule has 0 saturated heterocycles. The van der Waals surface area contributed by atoms with Crippen molar-refractivity contribution in [2.75, 3.05) is 13.1 Å². The first-order chi connectivity index (χ1) is 10.3. The Kier molecular flexibility index (Phi) is 7.07. The molecule has 0 amide bonds. The van der Waals surface area contributed by atoms with E-state index in [1.165, 1.54) is 12.1 Å². The summed E-state index contributed by atoms with van der Waals surface area (Å²) < 4.78 is 38.7. The highest BCUT2D eigenvalue weighted by molar-refractivity contribution is 7.81. The molecule has 0 saturated carbocycles. The average molecular weight is 329 g/mol. The molecule has 0 unspecified atom stereocenters. The number of thiocarbonyl (C=S) groups is 1. The monoisotopic (exact) mass is 329 g/mol. The summed E-state index contributed by atoms with van der Waals surface area (Å²) in [5.41, 5.74) is 0.599. The van der Waals surface area contributed by atoms with Crippen LogP contribution in [0.25, 0.3) is 5.57 Å². The van der Waals surface area contributed by atoms with Crippen molar-refractivity contribution in [1.82, 2.24) is 4.90 Å². The van der Waals surface area contributed by atoms with Crippen molar-refractivity contribution >= 4 is 22.7 Å². The second-order valence-electron chi connectivity index (χ2n) is 5.02. The average Bonchev–Trinajstić information content (AvgIpc) is 2.48. The lowest BCUT2D eigenvalue weighted by Gasteiger charge is -2.20. The van der Waals surface area contributed by atoms with Crippen LogP contribution in [0.4, 0.5) is 13.2 Å². The highest BCUT2D eigenvalue weighted by Gasteiger charge is 2.30. The maximum absolute atomic E-state index is 12.9. The van der Waals surface area contributed by atoms with E-state index in [2.05, 4.69) is 0 Å². The van der Waals surface area contributed by atoms with E-state index in [1.807, 2.05) is 31.9 Å². The van der Waals surface area contributed by atoms with E-state index in [0.717, 1.165) is 25.6 Å². The van der Waals surface area contributed by atoms with Crippen LogP contribution in [0, 0.1) is 0 Å². The van der Waals surface area contributed by atoms with Gasteiger partial charge in [0, 0.05) is 29.7 Å². The second kappa shape index (κ2) is 8.32. The van der Waals surface area contributed by atoms with Gasteiger partial charge in [0.15, 0.2) is 0 Å². The third kappa shape index (κ3) is 5.13. The van der Waals surface area contributed by atoms with Crippen molar-refractivity contribution in [2.45, 2.75) is 39.8 Å². The molecule has 1 aromatic carbocycles. The molecule has 0 heterocycles.